The number of hydrogen-bond acceptors (Lipinski definition) is 6. The third-order valence-electron chi connectivity index (χ3n) is 5.14. The summed E-state index contributed by atoms with van der Waals surface area (Å²) in [4.78, 5) is 16.5. The Morgan fingerprint density at radius 2 is 1.84 bits per heavy atom. The maximum atomic E-state index is 12.9. The molecule has 0 radical (unpaired) electrons. The summed E-state index contributed by atoms with van der Waals surface area (Å²) in [6.07, 6.45) is -2.94. The number of carbonyl (C=O) groups excluding carboxylic acids is 1. The maximum absolute atomic E-state index is 12.9. The van der Waals surface area contributed by atoms with E-state index in [4.69, 9.17) is 4.74 Å². The Kier molecular flexibility index (Phi) is 8.19. The molecule has 4 rings (SSSR count). The normalized spacial score (nSPS) is 11.5. The van der Waals surface area contributed by atoms with E-state index in [9.17, 15) is 18.0 Å². The zero-order valence-corrected chi connectivity index (χ0v) is 20.6. The molecule has 37 heavy (non-hydrogen) atoms. The van der Waals surface area contributed by atoms with Gasteiger partial charge in [0.2, 0.25) is 5.91 Å². The Hall–Kier alpha value is -4.18. The van der Waals surface area contributed by atoms with Crippen molar-refractivity contribution >= 4 is 34.3 Å². The van der Waals surface area contributed by atoms with Crippen LogP contribution in [0.1, 0.15) is 27.9 Å². The first kappa shape index (κ1) is 25.9. The second kappa shape index (κ2) is 11.7. The molecule has 6 nitrogen and oxygen atoms in total. The maximum Gasteiger partial charge on any atom is 0.416 e. The number of thiazole rings is 1. The first-order valence-corrected chi connectivity index (χ1v) is 12.1. The van der Waals surface area contributed by atoms with E-state index in [1.165, 1.54) is 35.2 Å². The second-order valence-corrected chi connectivity index (χ2v) is 9.02. The molecule has 0 aliphatic rings. The zero-order valence-electron chi connectivity index (χ0n) is 19.8. The molecular weight excluding hydrogens is 501 g/mol. The van der Waals surface area contributed by atoms with Gasteiger partial charge in [-0.25, -0.2) is 10.4 Å². The van der Waals surface area contributed by atoms with Gasteiger partial charge in [-0.2, -0.15) is 18.3 Å². The Labute approximate surface area is 215 Å². The molecule has 0 saturated carbocycles. The molecule has 0 fully saturated rings. The zero-order chi connectivity index (χ0) is 26.3. The summed E-state index contributed by atoms with van der Waals surface area (Å²) in [5.41, 5.74) is 5.49. The summed E-state index contributed by atoms with van der Waals surface area (Å²) in [6, 6.07) is 20.3. The summed E-state index contributed by atoms with van der Waals surface area (Å²) in [6.45, 7) is 2.51. The van der Waals surface area contributed by atoms with E-state index in [0.29, 0.717) is 17.4 Å². The number of aromatic nitrogens is 1. The van der Waals surface area contributed by atoms with Gasteiger partial charge in [0.25, 0.3) is 0 Å². The lowest BCUT2D eigenvalue weighted by atomic mass is 10.2. The SMILES string of the molecule is Cc1ccc(COc2ccc(/C=N\NC(=O)Cc3csc(Nc4cccc(C(F)(F)F)c4)n3)cc2)cc1. The number of alkyl halides is 3. The summed E-state index contributed by atoms with van der Waals surface area (Å²) in [5, 5.41) is 8.85. The summed E-state index contributed by atoms with van der Waals surface area (Å²) in [5.74, 6) is 0.352. The molecule has 0 saturated heterocycles. The molecule has 1 amide bonds. The number of anilines is 2. The molecule has 1 heterocycles. The van der Waals surface area contributed by atoms with Crippen LogP contribution in [0.2, 0.25) is 0 Å². The lowest BCUT2D eigenvalue weighted by Crippen LogP contribution is -2.19. The van der Waals surface area contributed by atoms with Crippen molar-refractivity contribution in [2.24, 2.45) is 5.10 Å². The molecule has 3 aromatic carbocycles. The molecule has 2 N–H and O–H groups in total. The fraction of sp³-hybridized carbons (Fsp3) is 0.148. The van der Waals surface area contributed by atoms with Crippen LogP contribution in [-0.4, -0.2) is 17.1 Å². The van der Waals surface area contributed by atoms with E-state index in [1.807, 2.05) is 55.5 Å². The van der Waals surface area contributed by atoms with Gasteiger partial charge in [-0.15, -0.1) is 11.3 Å². The van der Waals surface area contributed by atoms with E-state index < -0.39 is 11.7 Å². The quantitative estimate of drug-likeness (QED) is 0.194. The Bertz CT molecular complexity index is 1370. The van der Waals surface area contributed by atoms with Crippen molar-refractivity contribution in [1.29, 1.82) is 0 Å². The van der Waals surface area contributed by atoms with Crippen LogP contribution in [0.25, 0.3) is 0 Å². The van der Waals surface area contributed by atoms with Gasteiger partial charge < -0.3 is 10.1 Å². The average Bonchev–Trinajstić information content (AvgIpc) is 3.30. The number of nitrogens with zero attached hydrogens (tertiary/aromatic N) is 2. The van der Waals surface area contributed by atoms with Gasteiger partial charge in [0, 0.05) is 11.1 Å². The number of aryl methyl sites for hydroxylation is 1. The standard InChI is InChI=1S/C27H23F3N4O2S/c1-18-5-7-20(8-6-18)16-36-24-11-9-19(10-12-24)15-31-34-25(35)14-23-17-37-26(33-23)32-22-4-2-3-21(13-22)27(28,29)30/h2-13,15,17H,14,16H2,1H3,(H,32,33)(H,34,35)/b31-15-. The minimum Gasteiger partial charge on any atom is -0.489 e. The van der Waals surface area contributed by atoms with Gasteiger partial charge in [-0.05, 0) is 60.5 Å². The van der Waals surface area contributed by atoms with Gasteiger partial charge in [0.1, 0.15) is 12.4 Å². The Morgan fingerprint density at radius 1 is 1.08 bits per heavy atom. The highest BCUT2D eigenvalue weighted by Crippen LogP contribution is 2.31. The third-order valence-corrected chi connectivity index (χ3v) is 5.95. The first-order chi connectivity index (χ1) is 17.7. The fourth-order valence-electron chi connectivity index (χ4n) is 3.23. The number of carbonyl (C=O) groups is 1. The third kappa shape index (κ3) is 7.91. The van der Waals surface area contributed by atoms with Gasteiger partial charge in [-0.1, -0.05) is 35.9 Å². The monoisotopic (exact) mass is 524 g/mol. The molecule has 0 aliphatic carbocycles. The Balaban J connectivity index is 1.23. The van der Waals surface area contributed by atoms with Crippen LogP contribution in [0.15, 0.2) is 83.3 Å². The van der Waals surface area contributed by atoms with Crippen LogP contribution >= 0.6 is 11.3 Å². The lowest BCUT2D eigenvalue weighted by Gasteiger charge is -2.08. The van der Waals surface area contributed by atoms with E-state index in [1.54, 1.807) is 5.38 Å². The lowest BCUT2D eigenvalue weighted by molar-refractivity contribution is -0.137. The van der Waals surface area contributed by atoms with E-state index in [0.717, 1.165) is 29.0 Å². The van der Waals surface area contributed by atoms with Crippen molar-refractivity contribution in [3.8, 4) is 5.75 Å². The highest BCUT2D eigenvalue weighted by molar-refractivity contribution is 7.13. The molecule has 0 bridgehead atoms. The van der Waals surface area contributed by atoms with Crippen LogP contribution in [-0.2, 0) is 24.0 Å². The minimum atomic E-state index is -4.43. The molecule has 0 atom stereocenters. The summed E-state index contributed by atoms with van der Waals surface area (Å²) in [7, 11) is 0. The molecule has 0 spiro atoms. The number of halogens is 3. The Morgan fingerprint density at radius 3 is 2.57 bits per heavy atom. The molecule has 190 valence electrons. The van der Waals surface area contributed by atoms with Crippen LogP contribution in [0.3, 0.4) is 0 Å². The molecule has 0 unspecified atom stereocenters. The van der Waals surface area contributed by atoms with Crippen molar-refractivity contribution in [3.63, 3.8) is 0 Å². The number of nitrogens with one attached hydrogen (secondary N) is 2. The van der Waals surface area contributed by atoms with Crippen molar-refractivity contribution in [3.05, 3.63) is 106 Å². The van der Waals surface area contributed by atoms with Crippen LogP contribution < -0.4 is 15.5 Å². The predicted molar refractivity (Wildman–Crippen MR) is 138 cm³/mol. The van der Waals surface area contributed by atoms with Crippen molar-refractivity contribution < 1.29 is 22.7 Å². The van der Waals surface area contributed by atoms with E-state index in [2.05, 4.69) is 20.8 Å². The molecule has 0 aliphatic heterocycles. The number of amides is 1. The van der Waals surface area contributed by atoms with E-state index >= 15 is 0 Å². The van der Waals surface area contributed by atoms with Gasteiger partial charge in [0.15, 0.2) is 5.13 Å². The van der Waals surface area contributed by atoms with E-state index in [-0.39, 0.29) is 18.0 Å². The van der Waals surface area contributed by atoms with Crippen molar-refractivity contribution in [2.45, 2.75) is 26.1 Å². The number of benzene rings is 3. The van der Waals surface area contributed by atoms with Crippen LogP contribution in [0.4, 0.5) is 24.0 Å². The number of hydrazone groups is 1. The van der Waals surface area contributed by atoms with Crippen molar-refractivity contribution in [2.75, 3.05) is 5.32 Å². The summed E-state index contributed by atoms with van der Waals surface area (Å²) >= 11 is 1.19. The number of rotatable bonds is 9. The van der Waals surface area contributed by atoms with Gasteiger partial charge >= 0.3 is 6.18 Å². The number of ether oxygens (including phenoxy) is 1. The first-order valence-electron chi connectivity index (χ1n) is 11.2. The molecular formula is C27H23F3N4O2S. The smallest absolute Gasteiger partial charge is 0.416 e. The second-order valence-electron chi connectivity index (χ2n) is 8.16. The molecule has 1 aromatic heterocycles. The van der Waals surface area contributed by atoms with Gasteiger partial charge in [-0.3, -0.25) is 4.79 Å². The largest absolute Gasteiger partial charge is 0.489 e. The van der Waals surface area contributed by atoms with Crippen molar-refractivity contribution in [1.82, 2.24) is 10.4 Å². The fourth-order valence-corrected chi connectivity index (χ4v) is 3.96. The highest BCUT2D eigenvalue weighted by Gasteiger charge is 2.30. The van der Waals surface area contributed by atoms with Gasteiger partial charge in [0.05, 0.1) is 23.9 Å². The number of hydrogen-bond donors (Lipinski definition) is 2. The highest BCUT2D eigenvalue weighted by atomic mass is 32.1. The molecule has 4 aromatic rings. The van der Waals surface area contributed by atoms with Crippen LogP contribution in [0, 0.1) is 6.92 Å². The summed E-state index contributed by atoms with van der Waals surface area (Å²) < 4.78 is 44.4. The minimum absolute atomic E-state index is 0.0239. The predicted octanol–water partition coefficient (Wildman–Crippen LogP) is 6.49. The molecule has 10 heteroatoms. The van der Waals surface area contributed by atoms with Crippen LogP contribution in [0.5, 0.6) is 5.75 Å². The topological polar surface area (TPSA) is 75.6 Å². The average molecular weight is 525 g/mol.